The van der Waals surface area contributed by atoms with Gasteiger partial charge >= 0.3 is 5.56 Å². The largest absolute Gasteiger partial charge is 0.448 e. The van der Waals surface area contributed by atoms with Crippen LogP contribution >= 0.6 is 0 Å². The van der Waals surface area contributed by atoms with Crippen LogP contribution in [0, 0.1) is 0 Å². The Morgan fingerprint density at radius 3 is 2.38 bits per heavy atom. The molecular formula is C23H16N4O2. The first kappa shape index (κ1) is 16.9. The summed E-state index contributed by atoms with van der Waals surface area (Å²) in [6.07, 6.45) is 1.68. The van der Waals surface area contributed by atoms with Crippen LogP contribution in [0.25, 0.3) is 27.8 Å². The monoisotopic (exact) mass is 380 g/mol. The lowest BCUT2D eigenvalue weighted by atomic mass is 10.2. The Balaban J connectivity index is 1.70. The first-order valence-corrected chi connectivity index (χ1v) is 9.15. The van der Waals surface area contributed by atoms with E-state index in [-0.39, 0.29) is 11.1 Å². The van der Waals surface area contributed by atoms with Crippen LogP contribution in [0.5, 0.6) is 0 Å². The predicted molar refractivity (Wildman–Crippen MR) is 115 cm³/mol. The van der Waals surface area contributed by atoms with Gasteiger partial charge in [-0.25, -0.2) is 15.0 Å². The summed E-state index contributed by atoms with van der Waals surface area (Å²) >= 11 is 0. The molecule has 0 aliphatic rings. The van der Waals surface area contributed by atoms with Crippen LogP contribution in [0.4, 0.5) is 5.95 Å². The molecular weight excluding hydrogens is 364 g/mol. The minimum absolute atomic E-state index is 0.215. The van der Waals surface area contributed by atoms with Gasteiger partial charge in [0.1, 0.15) is 11.1 Å². The van der Waals surface area contributed by atoms with Gasteiger partial charge in [0.05, 0.1) is 11.9 Å². The van der Waals surface area contributed by atoms with Gasteiger partial charge in [0, 0.05) is 5.39 Å². The van der Waals surface area contributed by atoms with Gasteiger partial charge in [-0.2, -0.15) is 5.10 Å². The van der Waals surface area contributed by atoms with Crippen LogP contribution in [0.15, 0.2) is 99.2 Å². The van der Waals surface area contributed by atoms with E-state index in [9.17, 15) is 4.79 Å². The van der Waals surface area contributed by atoms with Crippen LogP contribution in [0.2, 0.25) is 0 Å². The highest BCUT2D eigenvalue weighted by Crippen LogP contribution is 2.26. The molecule has 29 heavy (non-hydrogen) atoms. The number of furan rings is 1. The molecule has 2 aromatic heterocycles. The molecule has 0 amide bonds. The molecule has 2 heterocycles. The second kappa shape index (κ2) is 7.09. The lowest BCUT2D eigenvalue weighted by molar-refractivity contribution is 0.657. The molecule has 0 fully saturated rings. The molecule has 1 N–H and O–H groups in total. The third-order valence-corrected chi connectivity index (χ3v) is 4.59. The summed E-state index contributed by atoms with van der Waals surface area (Å²) in [5.74, 6) is 0.312. The van der Waals surface area contributed by atoms with Crippen molar-refractivity contribution in [1.82, 2.24) is 9.55 Å². The normalized spacial score (nSPS) is 11.4. The van der Waals surface area contributed by atoms with Crippen molar-refractivity contribution in [3.05, 3.63) is 101 Å². The topological polar surface area (TPSA) is 72.4 Å². The molecule has 5 aromatic rings. The van der Waals surface area contributed by atoms with Crippen LogP contribution in [-0.2, 0) is 0 Å². The number of benzene rings is 3. The number of para-hydroxylation sites is 2. The zero-order valence-electron chi connectivity index (χ0n) is 15.3. The van der Waals surface area contributed by atoms with Gasteiger partial charge in [-0.3, -0.25) is 4.79 Å². The first-order valence-electron chi connectivity index (χ1n) is 9.15. The Labute approximate surface area is 165 Å². The average Bonchev–Trinajstić information content (AvgIpc) is 3.14. The number of hydrogen-bond donors (Lipinski definition) is 1. The second-order valence-corrected chi connectivity index (χ2v) is 6.47. The molecule has 5 rings (SSSR count). The first-order chi connectivity index (χ1) is 14.3. The van der Waals surface area contributed by atoms with Crippen LogP contribution in [0.3, 0.4) is 0 Å². The summed E-state index contributed by atoms with van der Waals surface area (Å²) in [5, 5.41) is 5.07. The average molecular weight is 380 g/mol. The third-order valence-electron chi connectivity index (χ3n) is 4.59. The minimum Gasteiger partial charge on any atom is -0.448 e. The van der Waals surface area contributed by atoms with Gasteiger partial charge in [0.25, 0.3) is 0 Å². The standard InChI is InChI=1S/C23H16N4O2/c28-22-21-20(18-13-7-8-14-19(18)29-21)25-23(27(22)17-11-5-2-6-12-17)26-24-15-16-9-3-1-4-10-16/h1-15H,(H,25,26)/b24-15+. The number of rotatable bonds is 4. The Kier molecular flexibility index (Phi) is 4.14. The van der Waals surface area contributed by atoms with Crippen molar-refractivity contribution >= 4 is 34.2 Å². The maximum atomic E-state index is 13.3. The smallest absolute Gasteiger partial charge is 0.303 e. The second-order valence-electron chi connectivity index (χ2n) is 6.47. The van der Waals surface area contributed by atoms with Crippen molar-refractivity contribution in [2.45, 2.75) is 0 Å². The highest BCUT2D eigenvalue weighted by Gasteiger charge is 2.18. The molecule has 0 saturated carbocycles. The number of nitrogens with zero attached hydrogens (tertiary/aromatic N) is 3. The summed E-state index contributed by atoms with van der Waals surface area (Å²) in [4.78, 5) is 18.0. The lowest BCUT2D eigenvalue weighted by Gasteiger charge is -2.11. The van der Waals surface area contributed by atoms with Crippen molar-refractivity contribution in [3.8, 4) is 5.69 Å². The zero-order valence-corrected chi connectivity index (χ0v) is 15.3. The molecule has 6 nitrogen and oxygen atoms in total. The van der Waals surface area contributed by atoms with Gasteiger partial charge in [0.2, 0.25) is 11.5 Å². The van der Waals surface area contributed by atoms with Crippen molar-refractivity contribution in [2.24, 2.45) is 5.10 Å². The zero-order chi connectivity index (χ0) is 19.6. The van der Waals surface area contributed by atoms with Gasteiger partial charge in [-0.1, -0.05) is 60.7 Å². The van der Waals surface area contributed by atoms with Crippen LogP contribution in [-0.4, -0.2) is 15.8 Å². The summed E-state index contributed by atoms with van der Waals surface area (Å²) in [6.45, 7) is 0. The van der Waals surface area contributed by atoms with Gasteiger partial charge in [-0.05, 0) is 29.8 Å². The summed E-state index contributed by atoms with van der Waals surface area (Å²) in [6, 6.07) is 26.4. The van der Waals surface area contributed by atoms with E-state index >= 15 is 0 Å². The molecule has 0 atom stereocenters. The fourth-order valence-electron chi connectivity index (χ4n) is 3.24. The Morgan fingerprint density at radius 2 is 1.59 bits per heavy atom. The molecule has 6 heteroatoms. The highest BCUT2D eigenvalue weighted by molar-refractivity contribution is 6.02. The van der Waals surface area contributed by atoms with E-state index in [1.165, 1.54) is 4.57 Å². The van der Waals surface area contributed by atoms with Crippen molar-refractivity contribution in [2.75, 3.05) is 5.43 Å². The molecule has 0 bridgehead atoms. The lowest BCUT2D eigenvalue weighted by Crippen LogP contribution is -2.22. The number of hydrazone groups is 1. The molecule has 0 unspecified atom stereocenters. The van der Waals surface area contributed by atoms with E-state index < -0.39 is 0 Å². The van der Waals surface area contributed by atoms with Gasteiger partial charge in [0.15, 0.2) is 0 Å². The number of fused-ring (bicyclic) bond motifs is 3. The van der Waals surface area contributed by atoms with Crippen molar-refractivity contribution < 1.29 is 4.42 Å². The molecule has 0 saturated heterocycles. The molecule has 0 radical (unpaired) electrons. The molecule has 3 aromatic carbocycles. The molecule has 0 aliphatic heterocycles. The fraction of sp³-hybridized carbons (Fsp3) is 0. The Hall–Kier alpha value is -4.19. The molecule has 0 spiro atoms. The van der Waals surface area contributed by atoms with E-state index in [0.29, 0.717) is 22.7 Å². The summed E-state index contributed by atoms with van der Waals surface area (Å²) in [5.41, 5.74) is 5.58. The maximum Gasteiger partial charge on any atom is 0.303 e. The van der Waals surface area contributed by atoms with Crippen LogP contribution < -0.4 is 11.0 Å². The summed E-state index contributed by atoms with van der Waals surface area (Å²) < 4.78 is 7.28. The van der Waals surface area contributed by atoms with Gasteiger partial charge < -0.3 is 4.42 Å². The number of nitrogens with one attached hydrogen (secondary N) is 1. The number of anilines is 1. The predicted octanol–water partition coefficient (Wildman–Crippen LogP) is 4.58. The van der Waals surface area contributed by atoms with Crippen molar-refractivity contribution in [1.29, 1.82) is 0 Å². The quantitative estimate of drug-likeness (QED) is 0.366. The maximum absolute atomic E-state index is 13.3. The fourth-order valence-corrected chi connectivity index (χ4v) is 3.24. The minimum atomic E-state index is -0.296. The van der Waals surface area contributed by atoms with E-state index in [4.69, 9.17) is 4.42 Å². The SMILES string of the molecule is O=c1c2oc3ccccc3c2nc(N/N=C/c2ccccc2)n1-c1ccccc1. The van der Waals surface area contributed by atoms with E-state index in [1.54, 1.807) is 6.21 Å². The van der Waals surface area contributed by atoms with Gasteiger partial charge in [-0.15, -0.1) is 0 Å². The van der Waals surface area contributed by atoms with Crippen molar-refractivity contribution in [3.63, 3.8) is 0 Å². The molecule has 0 aliphatic carbocycles. The third kappa shape index (κ3) is 3.06. The number of hydrogen-bond acceptors (Lipinski definition) is 5. The summed E-state index contributed by atoms with van der Waals surface area (Å²) in [7, 11) is 0. The van der Waals surface area contributed by atoms with E-state index in [2.05, 4.69) is 15.5 Å². The number of aromatic nitrogens is 2. The van der Waals surface area contributed by atoms with E-state index in [0.717, 1.165) is 10.9 Å². The molecule has 140 valence electrons. The Morgan fingerprint density at radius 1 is 0.897 bits per heavy atom. The Bertz CT molecular complexity index is 1390. The highest BCUT2D eigenvalue weighted by atomic mass is 16.3. The van der Waals surface area contributed by atoms with Crippen LogP contribution in [0.1, 0.15) is 5.56 Å². The van der Waals surface area contributed by atoms with E-state index in [1.807, 2.05) is 84.9 Å².